The van der Waals surface area contributed by atoms with Crippen LogP contribution in [0.3, 0.4) is 0 Å². The highest BCUT2D eigenvalue weighted by Gasteiger charge is 2.33. The molecule has 0 amide bonds. The monoisotopic (exact) mass is 267 g/mol. The molecule has 1 aromatic rings. The van der Waals surface area contributed by atoms with E-state index in [9.17, 15) is 0 Å². The highest BCUT2D eigenvalue weighted by atomic mass is 35.5. The van der Waals surface area contributed by atoms with Crippen LogP contribution >= 0.6 is 11.6 Å². The van der Waals surface area contributed by atoms with Gasteiger partial charge in [0, 0.05) is 13.1 Å². The van der Waals surface area contributed by atoms with Gasteiger partial charge in [-0.1, -0.05) is 32.4 Å². The zero-order chi connectivity index (χ0) is 13.5. The third kappa shape index (κ3) is 2.46. The van der Waals surface area contributed by atoms with Gasteiger partial charge in [0.15, 0.2) is 11.0 Å². The summed E-state index contributed by atoms with van der Waals surface area (Å²) in [6.07, 6.45) is 1.23. The molecule has 1 aliphatic heterocycles. The van der Waals surface area contributed by atoms with Crippen LogP contribution in [0.1, 0.15) is 38.3 Å². The van der Waals surface area contributed by atoms with Crippen molar-refractivity contribution >= 4 is 17.4 Å². The topological polar surface area (TPSA) is 29.0 Å². The van der Waals surface area contributed by atoms with Crippen LogP contribution in [0.25, 0.3) is 0 Å². The number of hydrogen-bond donors (Lipinski definition) is 0. The fraction of sp³-hybridized carbons (Fsp3) is 0.714. The molecule has 0 bridgehead atoms. The third-order valence-electron chi connectivity index (χ3n) is 4.15. The van der Waals surface area contributed by atoms with Gasteiger partial charge in [-0.2, -0.15) is 0 Å². The van der Waals surface area contributed by atoms with Crippen molar-refractivity contribution in [2.24, 2.45) is 11.3 Å². The van der Waals surface area contributed by atoms with E-state index in [4.69, 9.17) is 11.6 Å². The second-order valence-corrected chi connectivity index (χ2v) is 6.72. The molecule has 1 aliphatic rings. The van der Waals surface area contributed by atoms with E-state index in [1.54, 1.807) is 0 Å². The molecule has 1 aromatic heterocycles. The van der Waals surface area contributed by atoms with Gasteiger partial charge in [-0.15, -0.1) is 10.2 Å². The molecule has 0 aromatic carbocycles. The first-order valence-electron chi connectivity index (χ1n) is 6.55. The van der Waals surface area contributed by atoms with Crippen LogP contribution in [0.2, 0.25) is 5.15 Å². The minimum absolute atomic E-state index is 0.359. The third-order valence-corrected chi connectivity index (χ3v) is 4.51. The highest BCUT2D eigenvalue weighted by Crippen LogP contribution is 2.36. The normalized spacial score (nSPS) is 20.6. The second-order valence-electron chi connectivity index (χ2n) is 6.36. The van der Waals surface area contributed by atoms with Crippen LogP contribution in [0.4, 0.5) is 5.82 Å². The average Bonchev–Trinajstić information content (AvgIpc) is 2.75. The number of aromatic nitrogens is 2. The SMILES string of the molecule is Cc1c(Cl)nnc(N2CCC(C(C)(C)C)C2)c1C. The van der Waals surface area contributed by atoms with Crippen LogP contribution in [-0.2, 0) is 0 Å². The Morgan fingerprint density at radius 1 is 1.17 bits per heavy atom. The minimum atomic E-state index is 0.359. The van der Waals surface area contributed by atoms with Crippen molar-refractivity contribution in [3.63, 3.8) is 0 Å². The maximum atomic E-state index is 6.00. The summed E-state index contributed by atoms with van der Waals surface area (Å²) >= 11 is 6.00. The summed E-state index contributed by atoms with van der Waals surface area (Å²) in [4.78, 5) is 2.35. The van der Waals surface area contributed by atoms with Crippen molar-refractivity contribution in [3.05, 3.63) is 16.3 Å². The van der Waals surface area contributed by atoms with E-state index in [-0.39, 0.29) is 0 Å². The van der Waals surface area contributed by atoms with E-state index >= 15 is 0 Å². The maximum absolute atomic E-state index is 6.00. The summed E-state index contributed by atoms with van der Waals surface area (Å²) in [5.41, 5.74) is 2.56. The quantitative estimate of drug-likeness (QED) is 0.778. The predicted octanol–water partition coefficient (Wildman–Crippen LogP) is 3.62. The van der Waals surface area contributed by atoms with Crippen molar-refractivity contribution in [2.45, 2.75) is 41.0 Å². The van der Waals surface area contributed by atoms with Crippen LogP contribution < -0.4 is 4.90 Å². The number of hydrogen-bond acceptors (Lipinski definition) is 3. The van der Waals surface area contributed by atoms with Gasteiger partial charge in [0.1, 0.15) is 0 Å². The predicted molar refractivity (Wildman–Crippen MR) is 76.3 cm³/mol. The minimum Gasteiger partial charge on any atom is -0.355 e. The lowest BCUT2D eigenvalue weighted by molar-refractivity contribution is 0.263. The smallest absolute Gasteiger partial charge is 0.155 e. The zero-order valence-corrected chi connectivity index (χ0v) is 12.7. The largest absolute Gasteiger partial charge is 0.355 e. The van der Waals surface area contributed by atoms with Crippen molar-refractivity contribution in [2.75, 3.05) is 18.0 Å². The Kier molecular flexibility index (Phi) is 3.54. The summed E-state index contributed by atoms with van der Waals surface area (Å²) in [7, 11) is 0. The molecule has 18 heavy (non-hydrogen) atoms. The lowest BCUT2D eigenvalue weighted by Gasteiger charge is -2.27. The zero-order valence-electron chi connectivity index (χ0n) is 11.9. The number of halogens is 1. The molecule has 0 aliphatic carbocycles. The molecule has 4 heteroatoms. The van der Waals surface area contributed by atoms with Gasteiger partial charge >= 0.3 is 0 Å². The Bertz CT molecular complexity index is 451. The van der Waals surface area contributed by atoms with Gasteiger partial charge < -0.3 is 4.90 Å². The van der Waals surface area contributed by atoms with Gasteiger partial charge in [0.05, 0.1) is 0 Å². The molecule has 0 spiro atoms. The van der Waals surface area contributed by atoms with E-state index in [2.05, 4.69) is 42.8 Å². The Morgan fingerprint density at radius 2 is 1.83 bits per heavy atom. The summed E-state index contributed by atoms with van der Waals surface area (Å²) in [5, 5.41) is 8.84. The van der Waals surface area contributed by atoms with Crippen molar-refractivity contribution in [3.8, 4) is 0 Å². The van der Waals surface area contributed by atoms with E-state index < -0.39 is 0 Å². The van der Waals surface area contributed by atoms with Crippen molar-refractivity contribution in [1.29, 1.82) is 0 Å². The van der Waals surface area contributed by atoms with E-state index in [1.807, 2.05) is 6.92 Å². The fourth-order valence-electron chi connectivity index (χ4n) is 2.52. The molecule has 1 atom stereocenters. The molecular weight excluding hydrogens is 246 g/mol. The Morgan fingerprint density at radius 3 is 2.39 bits per heavy atom. The first kappa shape index (κ1) is 13.6. The summed E-state index contributed by atoms with van der Waals surface area (Å²) in [6, 6.07) is 0. The molecule has 0 saturated carbocycles. The first-order valence-corrected chi connectivity index (χ1v) is 6.93. The number of anilines is 1. The molecule has 1 fully saturated rings. The number of rotatable bonds is 1. The van der Waals surface area contributed by atoms with E-state index in [0.717, 1.165) is 36.0 Å². The molecular formula is C14H22ClN3. The second kappa shape index (κ2) is 4.69. The first-order chi connectivity index (χ1) is 8.30. The molecule has 1 unspecified atom stereocenters. The number of nitrogens with zero attached hydrogens (tertiary/aromatic N) is 3. The highest BCUT2D eigenvalue weighted by molar-refractivity contribution is 6.30. The Hall–Kier alpha value is -0.830. The molecule has 100 valence electrons. The Labute approximate surface area is 115 Å². The molecule has 1 saturated heterocycles. The van der Waals surface area contributed by atoms with Gasteiger partial charge in [-0.05, 0) is 42.7 Å². The maximum Gasteiger partial charge on any atom is 0.155 e. The van der Waals surface area contributed by atoms with Crippen molar-refractivity contribution in [1.82, 2.24) is 10.2 Å². The van der Waals surface area contributed by atoms with Crippen molar-refractivity contribution < 1.29 is 0 Å². The molecule has 0 radical (unpaired) electrons. The fourth-order valence-corrected chi connectivity index (χ4v) is 2.70. The van der Waals surface area contributed by atoms with Gasteiger partial charge in [-0.3, -0.25) is 0 Å². The lowest BCUT2D eigenvalue weighted by Crippen LogP contribution is -2.27. The van der Waals surface area contributed by atoms with Crippen LogP contribution in [-0.4, -0.2) is 23.3 Å². The van der Waals surface area contributed by atoms with Crippen LogP contribution in [0, 0.1) is 25.2 Å². The van der Waals surface area contributed by atoms with E-state index in [1.165, 1.54) is 6.42 Å². The van der Waals surface area contributed by atoms with Gasteiger partial charge in [-0.25, -0.2) is 0 Å². The molecule has 2 heterocycles. The Balaban J connectivity index is 2.23. The molecule has 0 N–H and O–H groups in total. The van der Waals surface area contributed by atoms with Gasteiger partial charge in [0.2, 0.25) is 0 Å². The van der Waals surface area contributed by atoms with Gasteiger partial charge in [0.25, 0.3) is 0 Å². The summed E-state index contributed by atoms with van der Waals surface area (Å²) in [6.45, 7) is 13.2. The summed E-state index contributed by atoms with van der Waals surface area (Å²) < 4.78 is 0. The summed E-state index contributed by atoms with van der Waals surface area (Å²) in [5.74, 6) is 1.72. The lowest BCUT2D eigenvalue weighted by atomic mass is 9.80. The van der Waals surface area contributed by atoms with Crippen LogP contribution in [0.15, 0.2) is 0 Å². The molecule has 3 nitrogen and oxygen atoms in total. The average molecular weight is 268 g/mol. The van der Waals surface area contributed by atoms with E-state index in [0.29, 0.717) is 10.6 Å². The standard InChI is InChI=1S/C14H22ClN3/c1-9-10(2)13(17-16-12(9)15)18-7-6-11(8-18)14(3,4)5/h11H,6-8H2,1-5H3. The van der Waals surface area contributed by atoms with Crippen LogP contribution in [0.5, 0.6) is 0 Å². The molecule has 2 rings (SSSR count).